The van der Waals surface area contributed by atoms with Gasteiger partial charge in [0.15, 0.2) is 5.78 Å². The zero-order valence-electron chi connectivity index (χ0n) is 16.4. The van der Waals surface area contributed by atoms with E-state index in [0.717, 1.165) is 0 Å². The van der Waals surface area contributed by atoms with Crippen molar-refractivity contribution in [3.8, 4) is 5.75 Å². The van der Waals surface area contributed by atoms with Gasteiger partial charge in [-0.1, -0.05) is 0 Å². The summed E-state index contributed by atoms with van der Waals surface area (Å²) in [5.41, 5.74) is -0.864. The lowest BCUT2D eigenvalue weighted by Gasteiger charge is -2.63. The number of hydrogen-bond donors (Lipinski definition) is 2. The van der Waals surface area contributed by atoms with Crippen molar-refractivity contribution in [3.63, 3.8) is 0 Å². The van der Waals surface area contributed by atoms with E-state index in [0.29, 0.717) is 42.5 Å². The zero-order valence-corrected chi connectivity index (χ0v) is 16.4. The number of phenols is 1. The van der Waals surface area contributed by atoms with Gasteiger partial charge >= 0.3 is 0 Å². The van der Waals surface area contributed by atoms with E-state index >= 15 is 0 Å². The van der Waals surface area contributed by atoms with E-state index in [4.69, 9.17) is 0 Å². The SMILES string of the molecule is CC(=O)c1cc(O)c2c(c1)[C@]13CCN[C@H](C2)[C@]1(C(C)=O)C(C(C)=O)CCC3=O. The fourth-order valence-corrected chi connectivity index (χ4v) is 6.44. The summed E-state index contributed by atoms with van der Waals surface area (Å²) in [7, 11) is 0. The molecule has 4 rings (SSSR count). The van der Waals surface area contributed by atoms with Gasteiger partial charge in [-0.15, -0.1) is 0 Å². The summed E-state index contributed by atoms with van der Waals surface area (Å²) in [6.45, 7) is 4.92. The van der Waals surface area contributed by atoms with Crippen LogP contribution in [0.3, 0.4) is 0 Å². The Morgan fingerprint density at radius 3 is 2.50 bits per heavy atom. The molecule has 6 heteroatoms. The number of carbonyl (C=O) groups is 4. The number of nitrogens with one attached hydrogen (secondary N) is 1. The Morgan fingerprint density at radius 1 is 1.18 bits per heavy atom. The molecule has 3 aliphatic rings. The van der Waals surface area contributed by atoms with Crippen molar-refractivity contribution in [2.24, 2.45) is 11.3 Å². The van der Waals surface area contributed by atoms with Crippen molar-refractivity contribution in [1.82, 2.24) is 5.32 Å². The topological polar surface area (TPSA) is 101 Å². The molecule has 2 N–H and O–H groups in total. The Bertz CT molecular complexity index is 935. The summed E-state index contributed by atoms with van der Waals surface area (Å²) in [5.74, 6) is -1.12. The maximum atomic E-state index is 13.5. The molecule has 4 atom stereocenters. The van der Waals surface area contributed by atoms with Gasteiger partial charge in [0.05, 0.1) is 10.8 Å². The maximum absolute atomic E-state index is 13.5. The van der Waals surface area contributed by atoms with Gasteiger partial charge in [0.2, 0.25) is 0 Å². The number of rotatable bonds is 3. The lowest BCUT2D eigenvalue weighted by molar-refractivity contribution is -0.165. The van der Waals surface area contributed by atoms with Crippen molar-refractivity contribution in [2.45, 2.75) is 57.9 Å². The minimum Gasteiger partial charge on any atom is -0.508 e. The fourth-order valence-electron chi connectivity index (χ4n) is 6.44. The largest absolute Gasteiger partial charge is 0.508 e. The predicted octanol–water partition coefficient (Wildman–Crippen LogP) is 1.89. The molecular formula is C22H25NO5. The molecule has 0 radical (unpaired) electrons. The molecule has 0 amide bonds. The van der Waals surface area contributed by atoms with Crippen LogP contribution in [-0.2, 0) is 26.2 Å². The molecule has 0 spiro atoms. The molecule has 148 valence electrons. The van der Waals surface area contributed by atoms with Crippen LogP contribution in [-0.4, -0.2) is 40.8 Å². The number of carbonyl (C=O) groups excluding carboxylic acids is 4. The molecule has 2 aliphatic carbocycles. The third kappa shape index (κ3) is 2.07. The van der Waals surface area contributed by atoms with E-state index < -0.39 is 22.8 Å². The first-order chi connectivity index (χ1) is 13.2. The van der Waals surface area contributed by atoms with E-state index in [1.165, 1.54) is 26.8 Å². The van der Waals surface area contributed by atoms with Gasteiger partial charge in [0, 0.05) is 23.9 Å². The van der Waals surface area contributed by atoms with Gasteiger partial charge in [-0.25, -0.2) is 0 Å². The predicted molar refractivity (Wildman–Crippen MR) is 101 cm³/mol. The number of phenolic OH excluding ortho intramolecular Hbond substituents is 1. The number of piperidine rings is 1. The molecule has 1 heterocycles. The quantitative estimate of drug-likeness (QED) is 0.773. The summed E-state index contributed by atoms with van der Waals surface area (Å²) in [5, 5.41) is 14.0. The highest BCUT2D eigenvalue weighted by molar-refractivity contribution is 6.06. The number of ketones is 4. The first-order valence-electron chi connectivity index (χ1n) is 9.83. The second-order valence-corrected chi connectivity index (χ2v) is 8.49. The number of aromatic hydroxyl groups is 1. The van der Waals surface area contributed by atoms with E-state index in [9.17, 15) is 24.3 Å². The Kier molecular flexibility index (Phi) is 4.12. The molecule has 2 fully saturated rings. The second-order valence-electron chi connectivity index (χ2n) is 8.49. The average Bonchev–Trinajstić information content (AvgIpc) is 2.61. The van der Waals surface area contributed by atoms with Crippen LogP contribution in [0.25, 0.3) is 0 Å². The number of fused-ring (bicyclic) bond motifs is 1. The molecule has 0 aromatic heterocycles. The van der Waals surface area contributed by atoms with Crippen LogP contribution in [0.1, 0.15) is 61.5 Å². The number of Topliss-reactive ketones (excluding diaryl/α,β-unsaturated/α-hetero) is 4. The van der Waals surface area contributed by atoms with Gasteiger partial charge in [0.25, 0.3) is 0 Å². The minimum absolute atomic E-state index is 0.0225. The van der Waals surface area contributed by atoms with Crippen molar-refractivity contribution in [3.05, 3.63) is 28.8 Å². The first-order valence-corrected chi connectivity index (χ1v) is 9.83. The lowest BCUT2D eigenvalue weighted by Crippen LogP contribution is -2.76. The highest BCUT2D eigenvalue weighted by Crippen LogP contribution is 2.63. The van der Waals surface area contributed by atoms with E-state index in [2.05, 4.69) is 5.32 Å². The summed E-state index contributed by atoms with van der Waals surface area (Å²) >= 11 is 0. The Balaban J connectivity index is 2.13. The van der Waals surface area contributed by atoms with E-state index in [-0.39, 0.29) is 35.3 Å². The van der Waals surface area contributed by atoms with Crippen LogP contribution >= 0.6 is 0 Å². The highest BCUT2D eigenvalue weighted by Gasteiger charge is 2.72. The van der Waals surface area contributed by atoms with E-state index in [1.807, 2.05) is 0 Å². The molecule has 1 saturated carbocycles. The molecule has 1 unspecified atom stereocenters. The zero-order chi connectivity index (χ0) is 20.4. The van der Waals surface area contributed by atoms with Crippen molar-refractivity contribution >= 4 is 23.1 Å². The lowest BCUT2D eigenvalue weighted by atomic mass is 9.39. The molecule has 28 heavy (non-hydrogen) atoms. The molecular weight excluding hydrogens is 358 g/mol. The van der Waals surface area contributed by atoms with Crippen LogP contribution in [0.5, 0.6) is 5.75 Å². The standard InChI is InChI=1S/C22H25NO5/c1-11(24)14-8-17-15(18(27)9-14)10-19-22(13(3)26)16(12(2)25)4-5-20(28)21(17,22)6-7-23-19/h8-9,16,19,23,27H,4-7,10H2,1-3H3/t16?,19-,21+,22+/m1/s1. The average molecular weight is 383 g/mol. The van der Waals surface area contributed by atoms with Gasteiger partial charge in [-0.3, -0.25) is 19.2 Å². The molecule has 1 aromatic carbocycles. The third-order valence-electron chi connectivity index (χ3n) is 7.41. The van der Waals surface area contributed by atoms with E-state index in [1.54, 1.807) is 6.07 Å². The fraction of sp³-hybridized carbons (Fsp3) is 0.545. The molecule has 1 aromatic rings. The van der Waals surface area contributed by atoms with Crippen LogP contribution in [0, 0.1) is 11.3 Å². The smallest absolute Gasteiger partial charge is 0.159 e. The van der Waals surface area contributed by atoms with Gasteiger partial charge < -0.3 is 10.4 Å². The maximum Gasteiger partial charge on any atom is 0.159 e. The van der Waals surface area contributed by atoms with Crippen molar-refractivity contribution in [2.75, 3.05) is 6.54 Å². The summed E-state index contributed by atoms with van der Waals surface area (Å²) < 4.78 is 0. The number of hydrogen-bond acceptors (Lipinski definition) is 6. The molecule has 1 saturated heterocycles. The number of benzene rings is 1. The summed E-state index contributed by atoms with van der Waals surface area (Å²) in [4.78, 5) is 51.5. The van der Waals surface area contributed by atoms with Crippen molar-refractivity contribution < 1.29 is 24.3 Å². The second kappa shape index (κ2) is 6.08. The normalized spacial score (nSPS) is 33.6. The molecule has 1 aliphatic heterocycles. The Labute approximate surface area is 163 Å². The van der Waals surface area contributed by atoms with Crippen LogP contribution in [0.2, 0.25) is 0 Å². The van der Waals surface area contributed by atoms with Crippen molar-refractivity contribution in [1.29, 1.82) is 0 Å². The Morgan fingerprint density at radius 2 is 1.89 bits per heavy atom. The monoisotopic (exact) mass is 383 g/mol. The van der Waals surface area contributed by atoms with Crippen LogP contribution in [0.4, 0.5) is 0 Å². The van der Waals surface area contributed by atoms with Crippen LogP contribution < -0.4 is 5.32 Å². The summed E-state index contributed by atoms with van der Waals surface area (Å²) in [6, 6.07) is 2.71. The minimum atomic E-state index is -1.18. The first kappa shape index (κ1) is 19.0. The molecule has 6 nitrogen and oxygen atoms in total. The summed E-state index contributed by atoms with van der Waals surface area (Å²) in [6.07, 6.45) is 1.30. The van der Waals surface area contributed by atoms with Crippen LogP contribution in [0.15, 0.2) is 12.1 Å². The van der Waals surface area contributed by atoms with Gasteiger partial charge in [-0.2, -0.15) is 0 Å². The molecule has 2 bridgehead atoms. The highest BCUT2D eigenvalue weighted by atomic mass is 16.3. The van der Waals surface area contributed by atoms with Gasteiger partial charge in [0.1, 0.15) is 23.1 Å². The third-order valence-corrected chi connectivity index (χ3v) is 7.41. The van der Waals surface area contributed by atoms with Gasteiger partial charge in [-0.05, 0) is 69.8 Å². The Hall–Kier alpha value is -2.34.